The van der Waals surface area contributed by atoms with E-state index in [9.17, 15) is 9.59 Å². The molecule has 0 radical (unpaired) electrons. The molecule has 2 amide bonds. The topological polar surface area (TPSA) is 49.4 Å². The highest BCUT2D eigenvalue weighted by atomic mass is 16.2. The summed E-state index contributed by atoms with van der Waals surface area (Å²) < 4.78 is 0. The van der Waals surface area contributed by atoms with Gasteiger partial charge in [0.25, 0.3) is 0 Å². The van der Waals surface area contributed by atoms with Crippen molar-refractivity contribution in [1.29, 1.82) is 0 Å². The van der Waals surface area contributed by atoms with Crippen molar-refractivity contribution in [2.24, 2.45) is 29.6 Å². The van der Waals surface area contributed by atoms with E-state index in [1.165, 1.54) is 32.1 Å². The molecule has 0 atom stereocenters. The van der Waals surface area contributed by atoms with Crippen LogP contribution in [0.3, 0.4) is 0 Å². The molecule has 4 aliphatic carbocycles. The average molecular weight is 340 g/mol. The number of nitrogens with one attached hydrogen (secondary N) is 1. The summed E-state index contributed by atoms with van der Waals surface area (Å²) in [7, 11) is 1.78. The van der Waals surface area contributed by atoms with Gasteiger partial charge in [-0.3, -0.25) is 9.59 Å². The maximum Gasteiger partial charge on any atom is 0.243 e. The molecule has 1 N–H and O–H groups in total. The van der Waals surface area contributed by atoms with Gasteiger partial charge in [0.2, 0.25) is 11.8 Å². The molecular weight excluding hydrogens is 312 g/mol. The van der Waals surface area contributed by atoms with Gasteiger partial charge in [-0.05, 0) is 74.8 Å². The predicted octanol–water partition coefficient (Wildman–Crippen LogP) is 3.46. The molecule has 0 saturated heterocycles. The van der Waals surface area contributed by atoms with Gasteiger partial charge in [0, 0.05) is 18.7 Å². The molecular formula is C21H28N2O2. The molecule has 0 spiro atoms. The van der Waals surface area contributed by atoms with E-state index < -0.39 is 0 Å². The van der Waals surface area contributed by atoms with Crippen molar-refractivity contribution in [3.8, 4) is 0 Å². The van der Waals surface area contributed by atoms with Gasteiger partial charge in [0.15, 0.2) is 0 Å². The third-order valence-electron chi connectivity index (χ3n) is 6.60. The van der Waals surface area contributed by atoms with E-state index in [1.54, 1.807) is 11.9 Å². The summed E-state index contributed by atoms with van der Waals surface area (Å²) in [6, 6.07) is 7.73. The Kier molecular flexibility index (Phi) is 4.30. The second-order valence-electron chi connectivity index (χ2n) is 8.57. The van der Waals surface area contributed by atoms with Crippen molar-refractivity contribution in [3.05, 3.63) is 29.8 Å². The van der Waals surface area contributed by atoms with Gasteiger partial charge >= 0.3 is 0 Å². The number of hydrogen-bond donors (Lipinski definition) is 1. The van der Waals surface area contributed by atoms with Crippen molar-refractivity contribution in [1.82, 2.24) is 4.90 Å². The second-order valence-corrected chi connectivity index (χ2v) is 8.57. The number of rotatable bonds is 4. The van der Waals surface area contributed by atoms with Crippen LogP contribution >= 0.6 is 0 Å². The Morgan fingerprint density at radius 2 is 1.56 bits per heavy atom. The quantitative estimate of drug-likeness (QED) is 0.912. The zero-order valence-electron chi connectivity index (χ0n) is 15.2. The fourth-order valence-electron chi connectivity index (χ4n) is 5.71. The maximum absolute atomic E-state index is 13.0. The van der Waals surface area contributed by atoms with Crippen LogP contribution in [0.2, 0.25) is 0 Å². The van der Waals surface area contributed by atoms with Gasteiger partial charge in [0.05, 0.1) is 6.54 Å². The molecule has 25 heavy (non-hydrogen) atoms. The minimum Gasteiger partial charge on any atom is -0.336 e. The standard InChI is InChI=1S/C21H28N2O2/c1-13-3-5-18(6-4-13)22-19(24)12-23(2)21(25)20-16-8-14-7-15(10-16)11-17(20)9-14/h3-6,14-17,20H,7-12H2,1-2H3,(H,22,24). The first-order valence-electron chi connectivity index (χ1n) is 9.61. The van der Waals surface area contributed by atoms with Gasteiger partial charge < -0.3 is 10.2 Å². The van der Waals surface area contributed by atoms with Crippen molar-refractivity contribution < 1.29 is 9.59 Å². The Morgan fingerprint density at radius 1 is 1.00 bits per heavy atom. The number of carbonyl (C=O) groups is 2. The van der Waals surface area contributed by atoms with Crippen LogP contribution in [-0.2, 0) is 9.59 Å². The lowest BCUT2D eigenvalue weighted by Crippen LogP contribution is -2.52. The Hall–Kier alpha value is -1.84. The normalized spacial score (nSPS) is 32.5. The molecule has 4 fully saturated rings. The lowest BCUT2D eigenvalue weighted by Gasteiger charge is -2.54. The molecule has 0 aromatic heterocycles. The minimum absolute atomic E-state index is 0.122. The van der Waals surface area contributed by atoms with Crippen LogP contribution in [0, 0.1) is 36.5 Å². The molecule has 5 rings (SSSR count). The third-order valence-corrected chi connectivity index (χ3v) is 6.60. The van der Waals surface area contributed by atoms with Crippen LogP contribution in [0.15, 0.2) is 24.3 Å². The van der Waals surface area contributed by atoms with E-state index in [2.05, 4.69) is 5.32 Å². The summed E-state index contributed by atoms with van der Waals surface area (Å²) in [5.74, 6) is 3.07. The molecule has 0 aliphatic heterocycles. The van der Waals surface area contributed by atoms with E-state index in [1.807, 2.05) is 31.2 Å². The summed E-state index contributed by atoms with van der Waals surface area (Å²) in [6.45, 7) is 2.15. The number of aryl methyl sites for hydroxylation is 1. The highest BCUT2D eigenvalue weighted by Gasteiger charge is 2.51. The molecule has 1 aromatic carbocycles. The summed E-state index contributed by atoms with van der Waals surface area (Å²) in [5.41, 5.74) is 1.94. The van der Waals surface area contributed by atoms with Crippen LogP contribution in [0.1, 0.15) is 37.7 Å². The first-order chi connectivity index (χ1) is 12.0. The molecule has 4 saturated carbocycles. The predicted molar refractivity (Wildman–Crippen MR) is 98.0 cm³/mol. The highest BCUT2D eigenvalue weighted by molar-refractivity contribution is 5.94. The molecule has 0 heterocycles. The van der Waals surface area contributed by atoms with E-state index in [4.69, 9.17) is 0 Å². The first kappa shape index (κ1) is 16.6. The van der Waals surface area contributed by atoms with Crippen LogP contribution in [0.5, 0.6) is 0 Å². The number of anilines is 1. The SMILES string of the molecule is Cc1ccc(NC(=O)CN(C)C(=O)C2C3CC4CC(C3)CC2C4)cc1. The van der Waals surface area contributed by atoms with Gasteiger partial charge in [-0.1, -0.05) is 17.7 Å². The van der Waals surface area contributed by atoms with Crippen LogP contribution in [0.4, 0.5) is 5.69 Å². The van der Waals surface area contributed by atoms with Gasteiger partial charge in [0.1, 0.15) is 0 Å². The maximum atomic E-state index is 13.0. The number of benzene rings is 1. The smallest absolute Gasteiger partial charge is 0.243 e. The number of likely N-dealkylation sites (N-methyl/N-ethyl adjacent to an activating group) is 1. The van der Waals surface area contributed by atoms with Crippen LogP contribution in [-0.4, -0.2) is 30.3 Å². The fourth-order valence-corrected chi connectivity index (χ4v) is 5.71. The number of nitrogens with zero attached hydrogens (tertiary/aromatic N) is 1. The van der Waals surface area contributed by atoms with Crippen molar-refractivity contribution >= 4 is 17.5 Å². The summed E-state index contributed by atoms with van der Waals surface area (Å²) >= 11 is 0. The molecule has 0 unspecified atom stereocenters. The van der Waals surface area contributed by atoms with E-state index in [0.717, 1.165) is 23.1 Å². The zero-order valence-corrected chi connectivity index (χ0v) is 15.2. The van der Waals surface area contributed by atoms with Crippen LogP contribution in [0.25, 0.3) is 0 Å². The molecule has 1 aromatic rings. The zero-order chi connectivity index (χ0) is 17.6. The Bertz CT molecular complexity index is 639. The fraction of sp³-hybridized carbons (Fsp3) is 0.619. The number of amides is 2. The third kappa shape index (κ3) is 3.31. The average Bonchev–Trinajstić information content (AvgIpc) is 2.55. The molecule has 4 heteroatoms. The summed E-state index contributed by atoms with van der Waals surface area (Å²) in [4.78, 5) is 27.0. The Balaban J connectivity index is 1.36. The van der Waals surface area contributed by atoms with E-state index >= 15 is 0 Å². The van der Waals surface area contributed by atoms with Crippen molar-refractivity contribution in [2.45, 2.75) is 39.0 Å². The Labute approximate surface area is 150 Å². The van der Waals surface area contributed by atoms with E-state index in [-0.39, 0.29) is 24.3 Å². The largest absolute Gasteiger partial charge is 0.336 e. The Morgan fingerprint density at radius 3 is 2.12 bits per heavy atom. The monoisotopic (exact) mass is 340 g/mol. The van der Waals surface area contributed by atoms with Crippen molar-refractivity contribution in [2.75, 3.05) is 18.9 Å². The lowest BCUT2D eigenvalue weighted by molar-refractivity contribution is -0.149. The first-order valence-corrected chi connectivity index (χ1v) is 9.61. The van der Waals surface area contributed by atoms with Gasteiger partial charge in [-0.2, -0.15) is 0 Å². The molecule has 4 bridgehead atoms. The molecule has 134 valence electrons. The second kappa shape index (κ2) is 6.47. The van der Waals surface area contributed by atoms with Gasteiger partial charge in [-0.15, -0.1) is 0 Å². The number of hydrogen-bond acceptors (Lipinski definition) is 2. The van der Waals surface area contributed by atoms with Crippen molar-refractivity contribution in [3.63, 3.8) is 0 Å². The summed E-state index contributed by atoms with van der Waals surface area (Å²) in [5, 5.41) is 2.89. The molecule has 4 aliphatic rings. The lowest BCUT2D eigenvalue weighted by atomic mass is 9.51. The minimum atomic E-state index is -0.122. The van der Waals surface area contributed by atoms with Crippen LogP contribution < -0.4 is 5.32 Å². The van der Waals surface area contributed by atoms with Gasteiger partial charge in [-0.25, -0.2) is 0 Å². The summed E-state index contributed by atoms with van der Waals surface area (Å²) in [6.07, 6.45) is 6.31. The number of carbonyl (C=O) groups excluding carboxylic acids is 2. The highest BCUT2D eigenvalue weighted by Crippen LogP contribution is 2.56. The molecule has 4 nitrogen and oxygen atoms in total. The van der Waals surface area contributed by atoms with E-state index in [0.29, 0.717) is 11.8 Å².